The molecule has 96 valence electrons. The predicted octanol–water partition coefficient (Wildman–Crippen LogP) is 0.696. The van der Waals surface area contributed by atoms with Crippen molar-refractivity contribution in [2.24, 2.45) is 0 Å². The Morgan fingerprint density at radius 2 is 2.18 bits per heavy atom. The Balaban J connectivity index is 2.14. The first-order valence-electron chi connectivity index (χ1n) is 5.87. The standard InChI is InChI=1S/C12H22N4O/c1-10-7-14-16(9-10)6-5-13-8-11(17)15-12(2,3)4/h7,9,13H,5-6,8H2,1-4H3,(H,15,17). The highest BCUT2D eigenvalue weighted by atomic mass is 16.2. The van der Waals surface area contributed by atoms with Crippen molar-refractivity contribution in [1.82, 2.24) is 20.4 Å². The van der Waals surface area contributed by atoms with Crippen LogP contribution in [0, 0.1) is 6.92 Å². The van der Waals surface area contributed by atoms with Gasteiger partial charge >= 0.3 is 0 Å². The van der Waals surface area contributed by atoms with Crippen molar-refractivity contribution in [3.63, 3.8) is 0 Å². The predicted molar refractivity (Wildman–Crippen MR) is 67.7 cm³/mol. The van der Waals surface area contributed by atoms with Crippen LogP contribution in [0.5, 0.6) is 0 Å². The average molecular weight is 238 g/mol. The number of carbonyl (C=O) groups excluding carboxylic acids is 1. The van der Waals surface area contributed by atoms with Crippen LogP contribution in [0.1, 0.15) is 26.3 Å². The van der Waals surface area contributed by atoms with Gasteiger partial charge in [-0.15, -0.1) is 0 Å². The van der Waals surface area contributed by atoms with Crippen molar-refractivity contribution in [2.45, 2.75) is 39.8 Å². The Morgan fingerprint density at radius 3 is 2.71 bits per heavy atom. The molecule has 0 aliphatic rings. The summed E-state index contributed by atoms with van der Waals surface area (Å²) in [7, 11) is 0. The van der Waals surface area contributed by atoms with E-state index in [1.54, 1.807) is 0 Å². The molecule has 0 unspecified atom stereocenters. The molecule has 0 spiro atoms. The van der Waals surface area contributed by atoms with Gasteiger partial charge in [0, 0.05) is 18.3 Å². The Kier molecular flexibility index (Phi) is 4.69. The van der Waals surface area contributed by atoms with Gasteiger partial charge in [0.05, 0.1) is 19.3 Å². The zero-order valence-electron chi connectivity index (χ0n) is 11.1. The number of hydrogen-bond acceptors (Lipinski definition) is 3. The van der Waals surface area contributed by atoms with Gasteiger partial charge < -0.3 is 10.6 Å². The Hall–Kier alpha value is -1.36. The molecule has 0 aromatic carbocycles. The van der Waals surface area contributed by atoms with Gasteiger partial charge in [-0.05, 0) is 33.3 Å². The maximum Gasteiger partial charge on any atom is 0.234 e. The van der Waals surface area contributed by atoms with Gasteiger partial charge in [0.25, 0.3) is 0 Å². The molecule has 0 saturated carbocycles. The minimum absolute atomic E-state index is 0.0224. The summed E-state index contributed by atoms with van der Waals surface area (Å²) in [5.74, 6) is 0.0224. The van der Waals surface area contributed by atoms with Crippen LogP contribution in [0.3, 0.4) is 0 Å². The van der Waals surface area contributed by atoms with Crippen LogP contribution in [0.2, 0.25) is 0 Å². The number of amides is 1. The molecule has 1 heterocycles. The average Bonchev–Trinajstić information content (AvgIpc) is 2.56. The second-order valence-corrected chi connectivity index (χ2v) is 5.26. The van der Waals surface area contributed by atoms with Crippen LogP contribution < -0.4 is 10.6 Å². The van der Waals surface area contributed by atoms with Gasteiger partial charge in [0.15, 0.2) is 0 Å². The molecule has 2 N–H and O–H groups in total. The molecule has 1 amide bonds. The number of aryl methyl sites for hydroxylation is 1. The summed E-state index contributed by atoms with van der Waals surface area (Å²) in [5, 5.41) is 10.2. The van der Waals surface area contributed by atoms with Crippen molar-refractivity contribution < 1.29 is 4.79 Å². The van der Waals surface area contributed by atoms with E-state index in [0.29, 0.717) is 6.54 Å². The highest BCUT2D eigenvalue weighted by Gasteiger charge is 2.12. The zero-order valence-corrected chi connectivity index (χ0v) is 11.1. The lowest BCUT2D eigenvalue weighted by molar-refractivity contribution is -0.121. The fourth-order valence-corrected chi connectivity index (χ4v) is 1.45. The summed E-state index contributed by atoms with van der Waals surface area (Å²) < 4.78 is 1.87. The highest BCUT2D eigenvalue weighted by Crippen LogP contribution is 1.97. The molecule has 0 bridgehead atoms. The Morgan fingerprint density at radius 1 is 1.47 bits per heavy atom. The Labute approximate surface area is 103 Å². The SMILES string of the molecule is Cc1cnn(CCNCC(=O)NC(C)(C)C)c1. The summed E-state index contributed by atoms with van der Waals surface area (Å²) in [6.45, 7) is 9.77. The molecule has 17 heavy (non-hydrogen) atoms. The normalized spacial score (nSPS) is 11.5. The highest BCUT2D eigenvalue weighted by molar-refractivity contribution is 5.78. The topological polar surface area (TPSA) is 59.0 Å². The van der Waals surface area contributed by atoms with Crippen molar-refractivity contribution in [2.75, 3.05) is 13.1 Å². The van der Waals surface area contributed by atoms with Crippen LogP contribution in [0.15, 0.2) is 12.4 Å². The van der Waals surface area contributed by atoms with Crippen molar-refractivity contribution in [1.29, 1.82) is 0 Å². The quantitative estimate of drug-likeness (QED) is 0.742. The van der Waals surface area contributed by atoms with E-state index in [1.165, 1.54) is 0 Å². The van der Waals surface area contributed by atoms with E-state index in [2.05, 4.69) is 15.7 Å². The molecular formula is C12H22N4O. The fraction of sp³-hybridized carbons (Fsp3) is 0.667. The smallest absolute Gasteiger partial charge is 0.234 e. The minimum atomic E-state index is -0.169. The first-order valence-corrected chi connectivity index (χ1v) is 5.87. The molecule has 5 nitrogen and oxygen atoms in total. The second kappa shape index (κ2) is 5.82. The van der Waals surface area contributed by atoms with E-state index >= 15 is 0 Å². The molecule has 1 rings (SSSR count). The number of nitrogens with one attached hydrogen (secondary N) is 2. The molecule has 0 aliphatic heterocycles. The molecule has 5 heteroatoms. The van der Waals surface area contributed by atoms with Crippen molar-refractivity contribution in [3.8, 4) is 0 Å². The number of carbonyl (C=O) groups is 1. The molecular weight excluding hydrogens is 216 g/mol. The van der Waals surface area contributed by atoms with Gasteiger partial charge in [-0.2, -0.15) is 5.10 Å². The zero-order chi connectivity index (χ0) is 12.9. The van der Waals surface area contributed by atoms with Gasteiger partial charge in [-0.3, -0.25) is 9.48 Å². The van der Waals surface area contributed by atoms with E-state index in [1.807, 2.05) is 44.8 Å². The summed E-state index contributed by atoms with van der Waals surface area (Å²) in [6, 6.07) is 0. The molecule has 1 aromatic heterocycles. The summed E-state index contributed by atoms with van der Waals surface area (Å²) in [5.41, 5.74) is 0.980. The summed E-state index contributed by atoms with van der Waals surface area (Å²) in [4.78, 5) is 11.5. The number of rotatable bonds is 5. The van der Waals surface area contributed by atoms with Crippen LogP contribution in [-0.4, -0.2) is 34.3 Å². The number of hydrogen-bond donors (Lipinski definition) is 2. The largest absolute Gasteiger partial charge is 0.350 e. The molecule has 1 aromatic rings. The van der Waals surface area contributed by atoms with E-state index in [0.717, 1.165) is 18.7 Å². The fourth-order valence-electron chi connectivity index (χ4n) is 1.45. The van der Waals surface area contributed by atoms with Crippen LogP contribution in [-0.2, 0) is 11.3 Å². The summed E-state index contributed by atoms with van der Waals surface area (Å²) >= 11 is 0. The van der Waals surface area contributed by atoms with Crippen molar-refractivity contribution in [3.05, 3.63) is 18.0 Å². The van der Waals surface area contributed by atoms with E-state index in [9.17, 15) is 4.79 Å². The lowest BCUT2D eigenvalue weighted by Gasteiger charge is -2.20. The van der Waals surface area contributed by atoms with Gasteiger partial charge in [-0.1, -0.05) is 0 Å². The van der Waals surface area contributed by atoms with Crippen molar-refractivity contribution >= 4 is 5.91 Å². The number of aromatic nitrogens is 2. The molecule has 0 aliphatic carbocycles. The van der Waals surface area contributed by atoms with E-state index in [4.69, 9.17) is 0 Å². The first kappa shape index (κ1) is 13.7. The monoisotopic (exact) mass is 238 g/mol. The lowest BCUT2D eigenvalue weighted by Crippen LogP contribution is -2.45. The van der Waals surface area contributed by atoms with Crippen LogP contribution >= 0.6 is 0 Å². The first-order chi connectivity index (χ1) is 7.87. The van der Waals surface area contributed by atoms with Crippen LogP contribution in [0.25, 0.3) is 0 Å². The molecule has 0 atom stereocenters. The minimum Gasteiger partial charge on any atom is -0.350 e. The Bertz CT molecular complexity index is 365. The maximum absolute atomic E-state index is 11.5. The van der Waals surface area contributed by atoms with Crippen LogP contribution in [0.4, 0.5) is 0 Å². The molecule has 0 fully saturated rings. The molecule has 0 saturated heterocycles. The third-order valence-electron chi connectivity index (χ3n) is 2.08. The van der Waals surface area contributed by atoms with E-state index < -0.39 is 0 Å². The maximum atomic E-state index is 11.5. The lowest BCUT2D eigenvalue weighted by atomic mass is 10.1. The van der Waals surface area contributed by atoms with Gasteiger partial charge in [0.1, 0.15) is 0 Å². The second-order valence-electron chi connectivity index (χ2n) is 5.26. The third kappa shape index (κ3) is 6.06. The third-order valence-corrected chi connectivity index (χ3v) is 2.08. The summed E-state index contributed by atoms with van der Waals surface area (Å²) in [6.07, 6.45) is 3.81. The van der Waals surface area contributed by atoms with Gasteiger partial charge in [-0.25, -0.2) is 0 Å². The van der Waals surface area contributed by atoms with Gasteiger partial charge in [0.2, 0.25) is 5.91 Å². The van der Waals surface area contributed by atoms with E-state index in [-0.39, 0.29) is 11.4 Å². The molecule has 0 radical (unpaired) electrons. The number of nitrogens with zero attached hydrogens (tertiary/aromatic N) is 2.